The average molecular weight is 416 g/mol. The van der Waals surface area contributed by atoms with Crippen LogP contribution < -0.4 is 10.1 Å². The van der Waals surface area contributed by atoms with Crippen LogP contribution in [0.3, 0.4) is 0 Å². The van der Waals surface area contributed by atoms with Crippen LogP contribution >= 0.6 is 11.3 Å². The van der Waals surface area contributed by atoms with Gasteiger partial charge < -0.3 is 10.1 Å². The van der Waals surface area contributed by atoms with Gasteiger partial charge in [-0.2, -0.15) is 0 Å². The zero-order chi connectivity index (χ0) is 21.2. The second-order valence-corrected chi connectivity index (χ2v) is 7.21. The van der Waals surface area contributed by atoms with Gasteiger partial charge in [-0.25, -0.2) is 15.0 Å². The topological polar surface area (TPSA) is 77.0 Å². The summed E-state index contributed by atoms with van der Waals surface area (Å²) in [4.78, 5) is 25.9. The number of nitrogens with zero attached hydrogens (tertiary/aromatic N) is 3. The van der Waals surface area contributed by atoms with Crippen LogP contribution in [-0.4, -0.2) is 50.8 Å². The lowest BCUT2D eigenvalue weighted by molar-refractivity contribution is -0.274. The Kier molecular flexibility index (Phi) is 5.97. The van der Waals surface area contributed by atoms with E-state index in [0.29, 0.717) is 32.9 Å². The minimum Gasteiger partial charge on any atom is -0.406 e. The van der Waals surface area contributed by atoms with Gasteiger partial charge in [-0.1, -0.05) is 0 Å². The number of aromatic nitrogens is 3. The summed E-state index contributed by atoms with van der Waals surface area (Å²) in [7, 11) is 5.42. The number of benzene rings is 1. The molecule has 0 spiro atoms. The third kappa shape index (κ3) is 5.17. The van der Waals surface area contributed by atoms with E-state index >= 15 is 0 Å². The molecule has 29 heavy (non-hydrogen) atoms. The van der Waals surface area contributed by atoms with Gasteiger partial charge in [0.25, 0.3) is 0 Å². The van der Waals surface area contributed by atoms with Crippen molar-refractivity contribution in [1.82, 2.24) is 20.3 Å². The molecule has 0 saturated carbocycles. The molecule has 2 heterocycles. The van der Waals surface area contributed by atoms with Crippen molar-refractivity contribution in [3.63, 3.8) is 0 Å². The lowest BCUT2D eigenvalue weighted by Crippen LogP contribution is -2.26. The van der Waals surface area contributed by atoms with E-state index < -0.39 is 6.36 Å². The largest absolute Gasteiger partial charge is 0.573 e. The average Bonchev–Trinajstić information content (AvgIpc) is 3.12. The molecule has 0 aliphatic carbocycles. The Labute approximate surface area is 170 Å². The highest BCUT2D eigenvalue weighted by Crippen LogP contribution is 2.30. The quantitative estimate of drug-likeness (QED) is 0.480. The van der Waals surface area contributed by atoms with E-state index in [1.807, 2.05) is 15.7 Å². The SMILES string of the molecule is BC(B)=C(B)C(=O)NCc1nc(-c2ccc(OC(F)(F)F)cc2)c2ncsc2n1. The number of fused-ring (bicyclic) bond motifs is 1. The van der Waals surface area contributed by atoms with Crippen molar-refractivity contribution in [1.29, 1.82) is 0 Å². The molecular weight excluding hydrogens is 402 g/mol. The van der Waals surface area contributed by atoms with Crippen molar-refractivity contribution in [2.75, 3.05) is 0 Å². The van der Waals surface area contributed by atoms with Crippen molar-refractivity contribution in [3.05, 3.63) is 46.4 Å². The van der Waals surface area contributed by atoms with E-state index in [2.05, 4.69) is 25.0 Å². The first-order valence-corrected chi connectivity index (χ1v) is 9.40. The summed E-state index contributed by atoms with van der Waals surface area (Å²) >= 11 is 1.31. The van der Waals surface area contributed by atoms with Gasteiger partial charge in [0.2, 0.25) is 5.91 Å². The highest BCUT2D eigenvalue weighted by Gasteiger charge is 2.31. The second-order valence-electron chi connectivity index (χ2n) is 6.37. The number of hydrogen-bond acceptors (Lipinski definition) is 6. The molecule has 2 aromatic heterocycles. The van der Waals surface area contributed by atoms with E-state index in [0.717, 1.165) is 5.37 Å². The summed E-state index contributed by atoms with van der Waals surface area (Å²) in [6.45, 7) is 0.111. The van der Waals surface area contributed by atoms with Gasteiger partial charge in [-0.05, 0) is 29.7 Å². The number of halogens is 3. The summed E-state index contributed by atoms with van der Waals surface area (Å²) in [5.74, 6) is -0.162. The Hall–Kier alpha value is -2.82. The molecule has 6 nitrogen and oxygen atoms in total. The Balaban J connectivity index is 1.89. The molecule has 0 radical (unpaired) electrons. The first-order chi connectivity index (χ1) is 13.6. The molecule has 1 aromatic carbocycles. The molecule has 1 amide bonds. The van der Waals surface area contributed by atoms with Crippen LogP contribution in [0.4, 0.5) is 13.2 Å². The maximum atomic E-state index is 12.4. The second kappa shape index (κ2) is 8.28. The van der Waals surface area contributed by atoms with Crippen LogP contribution in [0.15, 0.2) is 40.6 Å². The normalized spacial score (nSPS) is 11.3. The summed E-state index contributed by atoms with van der Waals surface area (Å²) in [6.07, 6.45) is -4.76. The van der Waals surface area contributed by atoms with Crippen LogP contribution in [0.1, 0.15) is 5.82 Å². The molecule has 3 aromatic rings. The fourth-order valence-corrected chi connectivity index (χ4v) is 3.10. The van der Waals surface area contributed by atoms with Crippen LogP contribution in [0.5, 0.6) is 5.75 Å². The molecule has 146 valence electrons. The number of hydrogen-bond donors (Lipinski definition) is 1. The predicted octanol–water partition coefficient (Wildman–Crippen LogP) is 0.336. The summed E-state index contributed by atoms with van der Waals surface area (Å²) in [6, 6.07) is 5.36. The van der Waals surface area contributed by atoms with Gasteiger partial charge >= 0.3 is 6.36 Å². The lowest BCUT2D eigenvalue weighted by Gasteiger charge is -2.10. The minimum atomic E-state index is -4.76. The number of alkyl halides is 3. The first-order valence-electron chi connectivity index (χ1n) is 8.52. The van der Waals surface area contributed by atoms with E-state index in [1.165, 1.54) is 35.6 Å². The molecule has 0 saturated heterocycles. The number of rotatable bonds is 5. The highest BCUT2D eigenvalue weighted by atomic mass is 32.1. The molecule has 0 aliphatic rings. The minimum absolute atomic E-state index is 0.111. The maximum Gasteiger partial charge on any atom is 0.573 e. The fourth-order valence-electron chi connectivity index (χ4n) is 2.42. The third-order valence-corrected chi connectivity index (χ3v) is 4.82. The standard InChI is InChI=1S/C16H14B3F3N4O2S/c17-10(13(18)19)14(27)23-5-9-25-11(12-15(26-9)29-6-24-12)7-1-3-8(4-2-7)28-16(20,21)22/h1-4,6H,5,17-19H2,(H,23,27). The Morgan fingerprint density at radius 2 is 1.83 bits per heavy atom. The van der Waals surface area contributed by atoms with Gasteiger partial charge in [0.05, 0.1) is 12.1 Å². The van der Waals surface area contributed by atoms with Crippen LogP contribution in [-0.2, 0) is 11.3 Å². The molecule has 3 rings (SSSR count). The molecule has 13 heteroatoms. The molecule has 0 atom stereocenters. The van der Waals surface area contributed by atoms with E-state index in [9.17, 15) is 18.0 Å². The molecular formula is C16H14B3F3N4O2S. The summed E-state index contributed by atoms with van der Waals surface area (Å²) < 4.78 is 41.0. The molecule has 1 N–H and O–H groups in total. The van der Waals surface area contributed by atoms with Gasteiger partial charge in [-0.15, -0.1) is 29.9 Å². The van der Waals surface area contributed by atoms with Gasteiger partial charge in [0.15, 0.2) is 0 Å². The van der Waals surface area contributed by atoms with Crippen molar-refractivity contribution in [3.8, 4) is 17.0 Å². The number of carbonyl (C=O) groups excluding carboxylic acids is 1. The zero-order valence-corrected chi connectivity index (χ0v) is 16.6. The maximum absolute atomic E-state index is 12.4. The van der Waals surface area contributed by atoms with Crippen LogP contribution in [0.25, 0.3) is 21.6 Å². The molecule has 0 unspecified atom stereocenters. The van der Waals surface area contributed by atoms with Gasteiger partial charge in [0, 0.05) is 5.56 Å². The molecule has 0 bridgehead atoms. The van der Waals surface area contributed by atoms with E-state index in [1.54, 1.807) is 13.4 Å². The monoisotopic (exact) mass is 416 g/mol. The lowest BCUT2D eigenvalue weighted by atomic mass is 9.69. The number of thiazole rings is 1. The van der Waals surface area contributed by atoms with Crippen LogP contribution in [0.2, 0.25) is 0 Å². The number of amides is 1. The van der Waals surface area contributed by atoms with E-state index in [4.69, 9.17) is 0 Å². The van der Waals surface area contributed by atoms with Gasteiger partial charge in [-0.3, -0.25) is 4.79 Å². The summed E-state index contributed by atoms with van der Waals surface area (Å²) in [5.41, 5.74) is 3.79. The zero-order valence-electron chi connectivity index (χ0n) is 15.8. The number of carbonyl (C=O) groups is 1. The molecule has 0 fully saturated rings. The number of ether oxygens (including phenoxy) is 1. The van der Waals surface area contributed by atoms with Crippen molar-refractivity contribution >= 4 is 51.1 Å². The number of nitrogens with one attached hydrogen (secondary N) is 1. The van der Waals surface area contributed by atoms with Crippen molar-refractivity contribution in [2.45, 2.75) is 12.9 Å². The molecule has 0 aliphatic heterocycles. The van der Waals surface area contributed by atoms with E-state index in [-0.39, 0.29) is 18.2 Å². The summed E-state index contributed by atoms with van der Waals surface area (Å²) in [5, 5.41) is 3.67. The van der Waals surface area contributed by atoms with Crippen LogP contribution in [0, 0.1) is 0 Å². The van der Waals surface area contributed by atoms with Gasteiger partial charge in [0.1, 0.15) is 51.2 Å². The Morgan fingerprint density at radius 1 is 1.14 bits per heavy atom. The fraction of sp³-hybridized carbons (Fsp3) is 0.125. The van der Waals surface area contributed by atoms with Crippen molar-refractivity contribution in [2.24, 2.45) is 0 Å². The first kappa shape index (κ1) is 20.9. The predicted molar refractivity (Wildman–Crippen MR) is 112 cm³/mol. The Bertz CT molecular complexity index is 1080. The smallest absolute Gasteiger partial charge is 0.406 e. The Morgan fingerprint density at radius 3 is 2.45 bits per heavy atom. The highest BCUT2D eigenvalue weighted by molar-refractivity contribution is 7.16. The van der Waals surface area contributed by atoms with Crippen molar-refractivity contribution < 1.29 is 22.7 Å². The third-order valence-electron chi connectivity index (χ3n) is 4.10.